The molecule has 0 aliphatic rings. The van der Waals surface area contributed by atoms with E-state index in [9.17, 15) is 14.7 Å². The first-order valence-electron chi connectivity index (χ1n) is 7.29. The molecule has 7 nitrogen and oxygen atoms in total. The van der Waals surface area contributed by atoms with Crippen molar-refractivity contribution in [2.75, 3.05) is 19.6 Å². The zero-order chi connectivity index (χ0) is 15.8. The molecule has 1 rings (SSSR count). The molecule has 0 saturated carbocycles. The minimum atomic E-state index is -0.734. The van der Waals surface area contributed by atoms with Gasteiger partial charge in [-0.25, -0.2) is 4.79 Å². The Morgan fingerprint density at radius 3 is 2.52 bits per heavy atom. The van der Waals surface area contributed by atoms with Crippen LogP contribution in [0.2, 0.25) is 0 Å². The van der Waals surface area contributed by atoms with Crippen LogP contribution < -0.4 is 11.2 Å². The third-order valence-corrected chi connectivity index (χ3v) is 3.41. The van der Waals surface area contributed by atoms with Crippen LogP contribution in [0.3, 0.4) is 0 Å². The molecule has 0 bridgehead atoms. The number of hydrogen-bond acceptors (Lipinski definition) is 5. The van der Waals surface area contributed by atoms with Gasteiger partial charge in [-0.1, -0.05) is 13.8 Å². The fraction of sp³-hybridized carbons (Fsp3) is 0.643. The zero-order valence-corrected chi connectivity index (χ0v) is 12.8. The average molecular weight is 296 g/mol. The number of aromatic nitrogens is 2. The highest BCUT2D eigenvalue weighted by Crippen LogP contribution is 2.05. The maximum atomic E-state index is 11.5. The third-order valence-electron chi connectivity index (χ3n) is 3.41. The van der Waals surface area contributed by atoms with Crippen molar-refractivity contribution in [3.05, 3.63) is 26.4 Å². The van der Waals surface area contributed by atoms with E-state index in [0.29, 0.717) is 0 Å². The maximum absolute atomic E-state index is 11.5. The first-order chi connectivity index (χ1) is 9.97. The van der Waals surface area contributed by atoms with Crippen LogP contribution in [-0.2, 0) is 0 Å². The van der Waals surface area contributed by atoms with Crippen LogP contribution in [0.4, 0.5) is 0 Å². The Morgan fingerprint density at radius 2 is 1.95 bits per heavy atom. The fourth-order valence-corrected chi connectivity index (χ4v) is 2.03. The largest absolute Gasteiger partial charge is 0.494 e. The second kappa shape index (κ2) is 8.41. The van der Waals surface area contributed by atoms with Gasteiger partial charge < -0.3 is 10.0 Å². The maximum Gasteiger partial charge on any atom is 0.328 e. The van der Waals surface area contributed by atoms with E-state index in [1.165, 1.54) is 6.21 Å². The second-order valence-electron chi connectivity index (χ2n) is 4.97. The summed E-state index contributed by atoms with van der Waals surface area (Å²) in [5.74, 6) is -0.456. The summed E-state index contributed by atoms with van der Waals surface area (Å²) in [6.45, 7) is 9.32. The normalized spacial score (nSPS) is 13.1. The van der Waals surface area contributed by atoms with Crippen LogP contribution >= 0.6 is 0 Å². The predicted molar refractivity (Wildman–Crippen MR) is 83.4 cm³/mol. The van der Waals surface area contributed by atoms with Gasteiger partial charge in [0.05, 0.1) is 0 Å². The van der Waals surface area contributed by atoms with Gasteiger partial charge in [0.1, 0.15) is 5.56 Å². The highest BCUT2D eigenvalue weighted by Gasteiger charge is 2.07. The Hall–Kier alpha value is -1.89. The van der Waals surface area contributed by atoms with E-state index in [-0.39, 0.29) is 11.6 Å². The number of nitrogens with one attached hydrogen (secondary N) is 2. The molecule has 0 aliphatic heterocycles. The predicted octanol–water partition coefficient (Wildman–Crippen LogP) is 0.698. The Morgan fingerprint density at radius 1 is 1.29 bits per heavy atom. The van der Waals surface area contributed by atoms with Crippen LogP contribution in [0.25, 0.3) is 0 Å². The van der Waals surface area contributed by atoms with E-state index in [2.05, 4.69) is 33.7 Å². The van der Waals surface area contributed by atoms with Crippen LogP contribution in [0.5, 0.6) is 5.88 Å². The van der Waals surface area contributed by atoms with Crippen molar-refractivity contribution in [2.24, 2.45) is 4.99 Å². The molecule has 0 aliphatic carbocycles. The van der Waals surface area contributed by atoms with Crippen LogP contribution in [0, 0.1) is 0 Å². The molecule has 0 saturated heterocycles. The van der Waals surface area contributed by atoms with Crippen molar-refractivity contribution in [3.8, 4) is 5.88 Å². The van der Waals surface area contributed by atoms with Crippen molar-refractivity contribution in [1.29, 1.82) is 0 Å². The lowest BCUT2D eigenvalue weighted by Crippen LogP contribution is -2.25. The summed E-state index contributed by atoms with van der Waals surface area (Å²) in [5, 5.41) is 9.52. The Balaban J connectivity index is 2.57. The summed E-state index contributed by atoms with van der Waals surface area (Å²) in [6, 6.07) is 0.0475. The molecule has 1 atom stereocenters. The Bertz CT molecular complexity index is 572. The number of hydrogen-bond donors (Lipinski definition) is 3. The number of aromatic hydroxyl groups is 1. The standard InChI is InChI=1S/C14H24N4O3/c1-4-18(5-2)8-6-7-10(3)15-9-11-12(19)16-14(21)17-13(11)20/h9-10H,4-8H2,1-3H3,(H3,16,17,19,20,21)/t10-/m0/s1. The third kappa shape index (κ3) is 5.55. The lowest BCUT2D eigenvalue weighted by Gasteiger charge is -2.18. The molecule has 0 spiro atoms. The molecule has 0 fully saturated rings. The van der Waals surface area contributed by atoms with Gasteiger partial charge >= 0.3 is 5.69 Å². The van der Waals surface area contributed by atoms with Gasteiger partial charge in [-0.05, 0) is 39.4 Å². The lowest BCUT2D eigenvalue weighted by atomic mass is 10.2. The van der Waals surface area contributed by atoms with Crippen molar-refractivity contribution in [2.45, 2.75) is 39.7 Å². The molecule has 1 heterocycles. The van der Waals surface area contributed by atoms with Gasteiger partial charge in [-0.3, -0.25) is 19.8 Å². The van der Waals surface area contributed by atoms with E-state index in [0.717, 1.165) is 32.5 Å². The van der Waals surface area contributed by atoms with Gasteiger partial charge in [0.15, 0.2) is 0 Å². The van der Waals surface area contributed by atoms with Gasteiger partial charge in [-0.15, -0.1) is 0 Å². The molecule has 7 heteroatoms. The molecule has 21 heavy (non-hydrogen) atoms. The number of aliphatic imine (C=N–C) groups is 1. The molecule has 0 amide bonds. The van der Waals surface area contributed by atoms with Crippen LogP contribution in [0.1, 0.15) is 39.2 Å². The van der Waals surface area contributed by atoms with Gasteiger partial charge in [-0.2, -0.15) is 0 Å². The fourth-order valence-electron chi connectivity index (χ4n) is 2.03. The summed E-state index contributed by atoms with van der Waals surface area (Å²) in [7, 11) is 0. The Kier molecular flexibility index (Phi) is 6.87. The van der Waals surface area contributed by atoms with Crippen LogP contribution in [-0.4, -0.2) is 51.9 Å². The number of aromatic amines is 2. The molecule has 1 aromatic rings. The summed E-state index contributed by atoms with van der Waals surface area (Å²) >= 11 is 0. The van der Waals surface area contributed by atoms with E-state index >= 15 is 0 Å². The first kappa shape index (κ1) is 17.2. The topological polar surface area (TPSA) is 102 Å². The quantitative estimate of drug-likeness (QED) is 0.614. The smallest absolute Gasteiger partial charge is 0.328 e. The van der Waals surface area contributed by atoms with E-state index in [1.807, 2.05) is 6.92 Å². The van der Waals surface area contributed by atoms with E-state index < -0.39 is 17.1 Å². The molecule has 0 aromatic carbocycles. The lowest BCUT2D eigenvalue weighted by molar-refractivity contribution is 0.294. The summed E-state index contributed by atoms with van der Waals surface area (Å²) < 4.78 is 0. The second-order valence-corrected chi connectivity index (χ2v) is 4.97. The monoisotopic (exact) mass is 296 g/mol. The number of nitrogens with zero attached hydrogens (tertiary/aromatic N) is 2. The minimum Gasteiger partial charge on any atom is -0.494 e. The molecule has 118 valence electrons. The van der Waals surface area contributed by atoms with Crippen molar-refractivity contribution in [1.82, 2.24) is 14.9 Å². The molecule has 3 N–H and O–H groups in total. The number of H-pyrrole nitrogens is 2. The van der Waals surface area contributed by atoms with E-state index in [4.69, 9.17) is 0 Å². The molecular formula is C14H24N4O3. The average Bonchev–Trinajstić information content (AvgIpc) is 2.42. The molecule has 0 unspecified atom stereocenters. The summed E-state index contributed by atoms with van der Waals surface area (Å²) in [6.07, 6.45) is 3.23. The van der Waals surface area contributed by atoms with E-state index in [1.54, 1.807) is 0 Å². The zero-order valence-electron chi connectivity index (χ0n) is 12.8. The summed E-state index contributed by atoms with van der Waals surface area (Å²) in [5.41, 5.74) is -1.40. The Labute approximate surface area is 123 Å². The minimum absolute atomic E-state index is 0.0230. The van der Waals surface area contributed by atoms with Crippen molar-refractivity contribution in [3.63, 3.8) is 0 Å². The highest BCUT2D eigenvalue weighted by molar-refractivity contribution is 5.81. The molecular weight excluding hydrogens is 272 g/mol. The number of rotatable bonds is 8. The van der Waals surface area contributed by atoms with Gasteiger partial charge in [0.2, 0.25) is 5.88 Å². The van der Waals surface area contributed by atoms with Crippen LogP contribution in [0.15, 0.2) is 14.6 Å². The van der Waals surface area contributed by atoms with Gasteiger partial charge in [0, 0.05) is 12.3 Å². The highest BCUT2D eigenvalue weighted by atomic mass is 16.3. The first-order valence-corrected chi connectivity index (χ1v) is 7.29. The molecule has 0 radical (unpaired) electrons. The van der Waals surface area contributed by atoms with Gasteiger partial charge in [0.25, 0.3) is 5.56 Å². The van der Waals surface area contributed by atoms with Crippen molar-refractivity contribution >= 4 is 6.21 Å². The van der Waals surface area contributed by atoms with Crippen molar-refractivity contribution < 1.29 is 5.11 Å². The SMILES string of the molecule is CCN(CC)CCC[C@H](C)N=Cc1c(O)[nH]c(=O)[nH]c1=O. The summed E-state index contributed by atoms with van der Waals surface area (Å²) in [4.78, 5) is 33.2. The molecule has 1 aromatic heterocycles.